The first kappa shape index (κ1) is 10.5. The van der Waals surface area contributed by atoms with Gasteiger partial charge in [-0.1, -0.05) is 30.3 Å². The van der Waals surface area contributed by atoms with Crippen molar-refractivity contribution in [2.75, 3.05) is 7.05 Å². The maximum absolute atomic E-state index is 11.3. The number of benzene rings is 1. The molecule has 0 radical (unpaired) electrons. The standard InChI is InChI=1S/C13H14N2O/c1-14-13(16)12-8-7-11(15-12)9-10-5-3-2-4-6-10/h2-8,15H,9H2,1H3,(H,14,16). The van der Waals surface area contributed by atoms with E-state index in [1.165, 1.54) is 5.56 Å². The molecule has 0 atom stereocenters. The summed E-state index contributed by atoms with van der Waals surface area (Å²) in [7, 11) is 1.63. The lowest BCUT2D eigenvalue weighted by Gasteiger charge is -1.98. The van der Waals surface area contributed by atoms with Crippen molar-refractivity contribution < 1.29 is 4.79 Å². The average Bonchev–Trinajstić information content (AvgIpc) is 2.78. The van der Waals surface area contributed by atoms with Crippen LogP contribution in [0.5, 0.6) is 0 Å². The van der Waals surface area contributed by atoms with Crippen LogP contribution < -0.4 is 5.32 Å². The van der Waals surface area contributed by atoms with Crippen molar-refractivity contribution in [2.45, 2.75) is 6.42 Å². The molecule has 82 valence electrons. The molecule has 1 heterocycles. The van der Waals surface area contributed by atoms with Crippen LogP contribution >= 0.6 is 0 Å². The highest BCUT2D eigenvalue weighted by molar-refractivity contribution is 5.92. The van der Waals surface area contributed by atoms with Gasteiger partial charge >= 0.3 is 0 Å². The fourth-order valence-electron chi connectivity index (χ4n) is 1.63. The zero-order valence-electron chi connectivity index (χ0n) is 9.16. The van der Waals surface area contributed by atoms with Crippen molar-refractivity contribution in [2.24, 2.45) is 0 Å². The molecule has 3 heteroatoms. The van der Waals surface area contributed by atoms with Crippen molar-refractivity contribution in [3.63, 3.8) is 0 Å². The Kier molecular flexibility index (Phi) is 3.05. The van der Waals surface area contributed by atoms with E-state index in [0.29, 0.717) is 5.69 Å². The summed E-state index contributed by atoms with van der Waals surface area (Å²) in [6.07, 6.45) is 0.817. The van der Waals surface area contributed by atoms with Crippen LogP contribution in [0, 0.1) is 0 Å². The molecule has 0 saturated carbocycles. The molecule has 1 aromatic heterocycles. The third-order valence-electron chi connectivity index (χ3n) is 2.46. The van der Waals surface area contributed by atoms with Gasteiger partial charge in [0.15, 0.2) is 0 Å². The van der Waals surface area contributed by atoms with E-state index < -0.39 is 0 Å². The molecule has 0 saturated heterocycles. The van der Waals surface area contributed by atoms with Crippen molar-refractivity contribution in [1.29, 1.82) is 0 Å². The minimum absolute atomic E-state index is 0.0840. The second-order valence-corrected chi connectivity index (χ2v) is 3.64. The summed E-state index contributed by atoms with van der Waals surface area (Å²) >= 11 is 0. The minimum Gasteiger partial charge on any atom is -0.354 e. The van der Waals surface area contributed by atoms with Crippen LogP contribution in [0.1, 0.15) is 21.7 Å². The Morgan fingerprint density at radius 3 is 2.62 bits per heavy atom. The Hall–Kier alpha value is -2.03. The molecule has 0 fully saturated rings. The summed E-state index contributed by atoms with van der Waals surface area (Å²) in [5.41, 5.74) is 2.88. The van der Waals surface area contributed by atoms with Gasteiger partial charge in [0.1, 0.15) is 5.69 Å². The fraction of sp³-hybridized carbons (Fsp3) is 0.154. The number of H-pyrrole nitrogens is 1. The normalized spacial score (nSPS) is 10.1. The number of carbonyl (C=O) groups excluding carboxylic acids is 1. The molecular formula is C13H14N2O. The predicted molar refractivity (Wildman–Crippen MR) is 63.4 cm³/mol. The third-order valence-corrected chi connectivity index (χ3v) is 2.46. The van der Waals surface area contributed by atoms with E-state index in [-0.39, 0.29) is 5.91 Å². The summed E-state index contributed by atoms with van der Waals surface area (Å²) in [6.45, 7) is 0. The minimum atomic E-state index is -0.0840. The van der Waals surface area contributed by atoms with Gasteiger partial charge in [-0.2, -0.15) is 0 Å². The molecule has 16 heavy (non-hydrogen) atoms. The van der Waals surface area contributed by atoms with E-state index in [1.807, 2.05) is 24.3 Å². The quantitative estimate of drug-likeness (QED) is 0.806. The molecule has 2 aromatic rings. The van der Waals surface area contributed by atoms with Crippen LogP contribution in [0.15, 0.2) is 42.5 Å². The third kappa shape index (κ3) is 2.31. The average molecular weight is 214 g/mol. The fourth-order valence-corrected chi connectivity index (χ4v) is 1.63. The molecule has 0 aliphatic carbocycles. The molecule has 0 aliphatic rings. The van der Waals surface area contributed by atoms with Gasteiger partial charge in [-0.3, -0.25) is 4.79 Å². The molecule has 2 N–H and O–H groups in total. The SMILES string of the molecule is CNC(=O)c1ccc(Cc2ccccc2)[nH]1. The lowest BCUT2D eigenvalue weighted by atomic mass is 10.1. The van der Waals surface area contributed by atoms with Gasteiger partial charge in [-0.15, -0.1) is 0 Å². The molecule has 1 amide bonds. The number of hydrogen-bond acceptors (Lipinski definition) is 1. The van der Waals surface area contributed by atoms with E-state index >= 15 is 0 Å². The highest BCUT2D eigenvalue weighted by Crippen LogP contribution is 2.09. The predicted octanol–water partition coefficient (Wildman–Crippen LogP) is 1.97. The Labute approximate surface area is 94.5 Å². The number of carbonyl (C=O) groups is 1. The van der Waals surface area contributed by atoms with Crippen LogP contribution in [0.25, 0.3) is 0 Å². The summed E-state index contributed by atoms with van der Waals surface area (Å²) < 4.78 is 0. The van der Waals surface area contributed by atoms with Crippen LogP contribution in [-0.4, -0.2) is 17.9 Å². The first-order valence-electron chi connectivity index (χ1n) is 5.23. The molecule has 0 spiro atoms. The van der Waals surface area contributed by atoms with Crippen molar-refractivity contribution in [3.05, 3.63) is 59.4 Å². The molecular weight excluding hydrogens is 200 g/mol. The molecule has 0 unspecified atom stereocenters. The zero-order chi connectivity index (χ0) is 11.4. The monoisotopic (exact) mass is 214 g/mol. The maximum Gasteiger partial charge on any atom is 0.267 e. The van der Waals surface area contributed by atoms with Gasteiger partial charge in [-0.05, 0) is 17.7 Å². The summed E-state index contributed by atoms with van der Waals surface area (Å²) in [5, 5.41) is 2.59. The highest BCUT2D eigenvalue weighted by atomic mass is 16.1. The molecule has 1 aromatic carbocycles. The van der Waals surface area contributed by atoms with Crippen LogP contribution in [0.4, 0.5) is 0 Å². The number of amides is 1. The second kappa shape index (κ2) is 4.66. The molecule has 2 rings (SSSR count). The van der Waals surface area contributed by atoms with Crippen molar-refractivity contribution >= 4 is 5.91 Å². The van der Waals surface area contributed by atoms with Crippen molar-refractivity contribution in [3.8, 4) is 0 Å². The number of aromatic nitrogens is 1. The van der Waals surface area contributed by atoms with E-state index in [9.17, 15) is 4.79 Å². The Balaban J connectivity index is 2.12. The lowest BCUT2D eigenvalue weighted by molar-refractivity contribution is 0.0958. The van der Waals surface area contributed by atoms with Crippen molar-refractivity contribution in [1.82, 2.24) is 10.3 Å². The summed E-state index contributed by atoms with van der Waals surface area (Å²) in [4.78, 5) is 14.4. The van der Waals surface area contributed by atoms with Gasteiger partial charge < -0.3 is 10.3 Å². The number of rotatable bonds is 3. The van der Waals surface area contributed by atoms with E-state index in [2.05, 4.69) is 22.4 Å². The first-order valence-corrected chi connectivity index (χ1v) is 5.23. The van der Waals surface area contributed by atoms with Gasteiger partial charge in [0.25, 0.3) is 5.91 Å². The van der Waals surface area contributed by atoms with E-state index in [1.54, 1.807) is 13.1 Å². The molecule has 3 nitrogen and oxygen atoms in total. The zero-order valence-corrected chi connectivity index (χ0v) is 9.16. The van der Waals surface area contributed by atoms with Crippen LogP contribution in [0.2, 0.25) is 0 Å². The maximum atomic E-state index is 11.3. The number of aromatic amines is 1. The van der Waals surface area contributed by atoms with Gasteiger partial charge in [0.2, 0.25) is 0 Å². The highest BCUT2D eigenvalue weighted by Gasteiger charge is 2.05. The number of hydrogen-bond donors (Lipinski definition) is 2. The summed E-state index contributed by atoms with van der Waals surface area (Å²) in [6, 6.07) is 13.9. The Morgan fingerprint density at radius 2 is 1.94 bits per heavy atom. The van der Waals surface area contributed by atoms with Gasteiger partial charge in [-0.25, -0.2) is 0 Å². The van der Waals surface area contributed by atoms with E-state index in [0.717, 1.165) is 12.1 Å². The Morgan fingerprint density at radius 1 is 1.19 bits per heavy atom. The lowest BCUT2D eigenvalue weighted by Crippen LogP contribution is -2.18. The van der Waals surface area contributed by atoms with Crippen LogP contribution in [0.3, 0.4) is 0 Å². The molecule has 0 bridgehead atoms. The topological polar surface area (TPSA) is 44.9 Å². The smallest absolute Gasteiger partial charge is 0.267 e. The first-order chi connectivity index (χ1) is 7.79. The van der Waals surface area contributed by atoms with Gasteiger partial charge in [0.05, 0.1) is 0 Å². The van der Waals surface area contributed by atoms with Crippen LogP contribution in [-0.2, 0) is 6.42 Å². The number of nitrogens with one attached hydrogen (secondary N) is 2. The van der Waals surface area contributed by atoms with E-state index in [4.69, 9.17) is 0 Å². The second-order valence-electron chi connectivity index (χ2n) is 3.64. The van der Waals surface area contributed by atoms with Gasteiger partial charge in [0, 0.05) is 19.2 Å². The Bertz CT molecular complexity index is 474. The molecule has 0 aliphatic heterocycles. The largest absolute Gasteiger partial charge is 0.354 e. The summed E-state index contributed by atoms with van der Waals surface area (Å²) in [5.74, 6) is -0.0840.